The number of halogens is 3. The van der Waals surface area contributed by atoms with Crippen molar-refractivity contribution in [2.75, 3.05) is 17.8 Å². The van der Waals surface area contributed by atoms with Crippen molar-refractivity contribution in [2.24, 2.45) is 10.1 Å². The fraction of sp³-hybridized carbons (Fsp3) is 0.167. The molecule has 2 amide bonds. The van der Waals surface area contributed by atoms with Gasteiger partial charge in [-0.25, -0.2) is 19.9 Å². The maximum atomic E-state index is 12.8. The summed E-state index contributed by atoms with van der Waals surface area (Å²) in [6.45, 7) is 2.13. The standard InChI is InChI=1S/C30H24F3N7O2S/c1-18-13-23-16-43-29(40(23)26-14-24(42-2)11-12-25(18)26)36-28(41)37-35-15-19-3-5-20(6-4-19)27-34-17-39(38-27)22-9-7-21(8-10-22)30(31,32)33/h3-15,17-18H,16H2,1-2H3,(H,37,41)/b35-15+,36-29-. The molecule has 9 nitrogen and oxygen atoms in total. The number of amidine groups is 1. The van der Waals surface area contributed by atoms with Crippen LogP contribution < -0.4 is 15.1 Å². The molecule has 0 aliphatic carbocycles. The van der Waals surface area contributed by atoms with Gasteiger partial charge in [0.25, 0.3) is 0 Å². The molecule has 0 bridgehead atoms. The number of benzene rings is 3. The van der Waals surface area contributed by atoms with Crippen molar-refractivity contribution >= 4 is 34.9 Å². The number of allylic oxidation sites excluding steroid dienone is 1. The molecule has 0 saturated carbocycles. The predicted molar refractivity (Wildman–Crippen MR) is 160 cm³/mol. The first-order chi connectivity index (χ1) is 20.7. The Labute approximate surface area is 248 Å². The Balaban J connectivity index is 1.10. The lowest BCUT2D eigenvalue weighted by molar-refractivity contribution is -0.137. The van der Waals surface area contributed by atoms with E-state index >= 15 is 0 Å². The number of fused-ring (bicyclic) bond motifs is 3. The van der Waals surface area contributed by atoms with Crippen LogP contribution in [0.3, 0.4) is 0 Å². The minimum atomic E-state index is -4.40. The fourth-order valence-electron chi connectivity index (χ4n) is 4.78. The van der Waals surface area contributed by atoms with E-state index in [4.69, 9.17) is 4.74 Å². The summed E-state index contributed by atoms with van der Waals surface area (Å²) in [4.78, 5) is 23.1. The maximum Gasteiger partial charge on any atom is 0.416 e. The van der Waals surface area contributed by atoms with Crippen LogP contribution in [-0.2, 0) is 6.18 Å². The number of amides is 2. The molecule has 1 aromatic heterocycles. The number of rotatable bonds is 5. The number of urea groups is 1. The normalized spacial score (nSPS) is 17.1. The van der Waals surface area contributed by atoms with Gasteiger partial charge in [0, 0.05) is 29.0 Å². The lowest BCUT2D eigenvalue weighted by Gasteiger charge is -2.30. The minimum Gasteiger partial charge on any atom is -0.497 e. The van der Waals surface area contributed by atoms with Crippen molar-refractivity contribution in [3.63, 3.8) is 0 Å². The topological polar surface area (TPSA) is 97.0 Å². The van der Waals surface area contributed by atoms with E-state index in [-0.39, 0.29) is 5.92 Å². The number of alkyl halides is 3. The Kier molecular flexibility index (Phi) is 7.48. The Morgan fingerprint density at radius 1 is 1.12 bits per heavy atom. The fourth-order valence-corrected chi connectivity index (χ4v) is 5.77. The number of thioether (sulfide) groups is 1. The van der Waals surface area contributed by atoms with Gasteiger partial charge in [-0.1, -0.05) is 55.1 Å². The van der Waals surface area contributed by atoms with Gasteiger partial charge in [-0.2, -0.15) is 23.3 Å². The number of aromatic nitrogens is 3. The first kappa shape index (κ1) is 28.2. The number of ether oxygens (including phenoxy) is 1. The highest BCUT2D eigenvalue weighted by atomic mass is 32.2. The van der Waals surface area contributed by atoms with Crippen LogP contribution in [0.5, 0.6) is 5.75 Å². The van der Waals surface area contributed by atoms with Crippen LogP contribution in [0.4, 0.5) is 23.7 Å². The van der Waals surface area contributed by atoms with Crippen LogP contribution in [-0.4, -0.2) is 45.0 Å². The SMILES string of the molecule is COc1ccc2c(c1)N1C(=CC2C)CS/C1=N\C(=O)N/N=C/c1ccc(-c2ncn(-c3ccc(C(F)(F)F)cc3)n2)cc1. The Hall–Kier alpha value is -4.91. The molecule has 2 aliphatic heterocycles. The predicted octanol–water partition coefficient (Wildman–Crippen LogP) is 6.62. The number of nitrogens with zero attached hydrogens (tertiary/aromatic N) is 6. The van der Waals surface area contributed by atoms with E-state index < -0.39 is 17.8 Å². The lowest BCUT2D eigenvalue weighted by Crippen LogP contribution is -2.28. The van der Waals surface area contributed by atoms with Crippen molar-refractivity contribution in [3.8, 4) is 22.8 Å². The molecule has 13 heteroatoms. The summed E-state index contributed by atoms with van der Waals surface area (Å²) in [5.41, 5.74) is 6.74. The van der Waals surface area contributed by atoms with E-state index in [2.05, 4.69) is 38.6 Å². The summed E-state index contributed by atoms with van der Waals surface area (Å²) in [7, 11) is 1.62. The van der Waals surface area contributed by atoms with E-state index in [0.29, 0.717) is 33.6 Å². The summed E-state index contributed by atoms with van der Waals surface area (Å²) in [5.74, 6) is 2.08. The van der Waals surface area contributed by atoms with Crippen LogP contribution in [0.25, 0.3) is 17.1 Å². The molecule has 6 rings (SSSR count). The number of carbonyl (C=O) groups excluding carboxylic acids is 1. The van der Waals surface area contributed by atoms with Gasteiger partial charge in [0.1, 0.15) is 12.1 Å². The minimum absolute atomic E-state index is 0.238. The molecule has 1 fully saturated rings. The largest absolute Gasteiger partial charge is 0.497 e. The molecular formula is C30H24F3N7O2S. The number of hydrogen-bond acceptors (Lipinski definition) is 6. The average molecular weight is 604 g/mol. The molecule has 1 unspecified atom stereocenters. The molecule has 0 radical (unpaired) electrons. The van der Waals surface area contributed by atoms with Crippen LogP contribution in [0.1, 0.15) is 29.5 Å². The number of aliphatic imine (C=N–C) groups is 1. The second-order valence-electron chi connectivity index (χ2n) is 9.74. The van der Waals surface area contributed by atoms with E-state index in [1.165, 1.54) is 41.1 Å². The highest BCUT2D eigenvalue weighted by Gasteiger charge is 2.34. The Bertz CT molecular complexity index is 1760. The molecule has 3 heterocycles. The zero-order valence-electron chi connectivity index (χ0n) is 22.9. The molecule has 0 spiro atoms. The van der Waals surface area contributed by atoms with Crippen molar-refractivity contribution in [2.45, 2.75) is 19.0 Å². The van der Waals surface area contributed by atoms with Gasteiger partial charge in [-0.3, -0.25) is 4.90 Å². The molecule has 1 N–H and O–H groups in total. The Morgan fingerprint density at radius 2 is 1.88 bits per heavy atom. The monoisotopic (exact) mass is 603 g/mol. The van der Waals surface area contributed by atoms with Gasteiger partial charge < -0.3 is 4.74 Å². The summed E-state index contributed by atoms with van der Waals surface area (Å²) < 4.78 is 45.3. The van der Waals surface area contributed by atoms with E-state index in [9.17, 15) is 18.0 Å². The van der Waals surface area contributed by atoms with Crippen LogP contribution in [0.15, 0.2) is 94.9 Å². The molecule has 3 aromatic carbocycles. The third kappa shape index (κ3) is 5.89. The summed E-state index contributed by atoms with van der Waals surface area (Å²) in [6, 6.07) is 17.1. The molecular weight excluding hydrogens is 579 g/mol. The van der Waals surface area contributed by atoms with Gasteiger partial charge >= 0.3 is 12.2 Å². The highest BCUT2D eigenvalue weighted by Crippen LogP contribution is 2.44. The van der Waals surface area contributed by atoms with Crippen molar-refractivity contribution < 1.29 is 22.7 Å². The average Bonchev–Trinajstić information content (AvgIpc) is 3.65. The van der Waals surface area contributed by atoms with Gasteiger partial charge in [0.05, 0.1) is 30.3 Å². The lowest BCUT2D eigenvalue weighted by atomic mass is 9.94. The maximum absolute atomic E-state index is 12.8. The van der Waals surface area contributed by atoms with Crippen molar-refractivity contribution in [1.29, 1.82) is 0 Å². The van der Waals surface area contributed by atoms with Crippen LogP contribution in [0, 0.1) is 0 Å². The third-order valence-electron chi connectivity index (χ3n) is 6.93. The van der Waals surface area contributed by atoms with E-state index in [1.54, 1.807) is 31.4 Å². The second-order valence-corrected chi connectivity index (χ2v) is 10.7. The summed E-state index contributed by atoms with van der Waals surface area (Å²) in [6.07, 6.45) is 0.703. The number of carbonyl (C=O) groups is 1. The van der Waals surface area contributed by atoms with Gasteiger partial charge in [0.15, 0.2) is 11.0 Å². The van der Waals surface area contributed by atoms with E-state index in [1.807, 2.05) is 23.1 Å². The molecule has 4 aromatic rings. The van der Waals surface area contributed by atoms with Crippen LogP contribution in [0.2, 0.25) is 0 Å². The van der Waals surface area contributed by atoms with Crippen LogP contribution >= 0.6 is 11.8 Å². The molecule has 1 atom stereocenters. The number of methoxy groups -OCH3 is 1. The number of anilines is 1. The van der Waals surface area contributed by atoms with Crippen molar-refractivity contribution in [3.05, 3.63) is 102 Å². The highest BCUT2D eigenvalue weighted by molar-refractivity contribution is 8.14. The molecule has 2 aliphatic rings. The second kappa shape index (κ2) is 11.4. The zero-order valence-corrected chi connectivity index (χ0v) is 23.7. The smallest absolute Gasteiger partial charge is 0.416 e. The first-order valence-corrected chi connectivity index (χ1v) is 14.1. The number of hydrazone groups is 1. The van der Waals surface area contributed by atoms with Crippen molar-refractivity contribution in [1.82, 2.24) is 20.2 Å². The Morgan fingerprint density at radius 3 is 2.60 bits per heavy atom. The zero-order chi connectivity index (χ0) is 30.1. The van der Waals surface area contributed by atoms with E-state index in [0.717, 1.165) is 34.8 Å². The summed E-state index contributed by atoms with van der Waals surface area (Å²) in [5, 5.41) is 8.96. The van der Waals surface area contributed by atoms with Gasteiger partial charge in [-0.15, -0.1) is 5.10 Å². The third-order valence-corrected chi connectivity index (χ3v) is 7.90. The molecule has 43 heavy (non-hydrogen) atoms. The molecule has 1 saturated heterocycles. The number of hydrogen-bond donors (Lipinski definition) is 1. The summed E-state index contributed by atoms with van der Waals surface area (Å²) >= 11 is 1.48. The quantitative estimate of drug-likeness (QED) is 0.204. The van der Waals surface area contributed by atoms with Gasteiger partial charge in [-0.05, 0) is 41.5 Å². The molecule has 218 valence electrons. The van der Waals surface area contributed by atoms with Gasteiger partial charge in [0.2, 0.25) is 0 Å². The first-order valence-electron chi connectivity index (χ1n) is 13.1. The number of nitrogens with one attached hydrogen (secondary N) is 1.